The molecule has 0 radical (unpaired) electrons. The Morgan fingerprint density at radius 1 is 1.13 bits per heavy atom. The zero-order valence-electron chi connectivity index (χ0n) is 17.4. The van der Waals surface area contributed by atoms with Gasteiger partial charge in [-0.05, 0) is 71.3 Å². The third-order valence-electron chi connectivity index (χ3n) is 4.69. The number of ether oxygens (including phenoxy) is 1. The van der Waals surface area contributed by atoms with Gasteiger partial charge < -0.3 is 15.0 Å². The fraction of sp³-hybridized carbons (Fsp3) is 0.391. The number of carbonyl (C=O) groups excluding carboxylic acids is 2. The van der Waals surface area contributed by atoms with Crippen LogP contribution < -0.4 is 10.1 Å². The fourth-order valence-electron chi connectivity index (χ4n) is 2.99. The molecule has 0 fully saturated rings. The van der Waals surface area contributed by atoms with Gasteiger partial charge >= 0.3 is 0 Å². The van der Waals surface area contributed by atoms with Gasteiger partial charge in [0, 0.05) is 21.7 Å². The van der Waals surface area contributed by atoms with E-state index in [1.54, 1.807) is 11.0 Å². The normalized spacial score (nSPS) is 11.6. The van der Waals surface area contributed by atoms with Crippen LogP contribution >= 0.6 is 34.2 Å². The van der Waals surface area contributed by atoms with E-state index in [1.807, 2.05) is 49.4 Å². The monoisotopic (exact) mass is 542 g/mol. The van der Waals surface area contributed by atoms with Crippen molar-refractivity contribution >= 4 is 46.0 Å². The number of nitrogens with one attached hydrogen (secondary N) is 1. The number of unbranched alkanes of at least 4 members (excludes halogenated alkanes) is 1. The molecule has 0 bridgehead atoms. The molecular formula is C23H28ClIN2O3. The number of halogens is 2. The summed E-state index contributed by atoms with van der Waals surface area (Å²) < 4.78 is 6.77. The van der Waals surface area contributed by atoms with Crippen molar-refractivity contribution in [2.75, 3.05) is 13.2 Å². The van der Waals surface area contributed by atoms with Crippen LogP contribution in [0.1, 0.15) is 38.7 Å². The second kappa shape index (κ2) is 12.8. The van der Waals surface area contributed by atoms with E-state index in [1.165, 1.54) is 0 Å². The van der Waals surface area contributed by atoms with E-state index in [4.69, 9.17) is 16.3 Å². The van der Waals surface area contributed by atoms with Gasteiger partial charge in [-0.2, -0.15) is 0 Å². The SMILES string of the molecule is CCCCNC(=O)[C@@H](CC)N(Cc1ccccc1Cl)C(=O)COc1ccc(I)cc1. The summed E-state index contributed by atoms with van der Waals surface area (Å²) in [6, 6.07) is 14.2. The first kappa shape index (κ1) is 24.5. The molecule has 0 aromatic heterocycles. The third kappa shape index (κ3) is 7.47. The number of amides is 2. The molecule has 2 amide bonds. The number of rotatable bonds is 11. The van der Waals surface area contributed by atoms with E-state index in [0.717, 1.165) is 22.0 Å². The number of carbonyl (C=O) groups is 2. The lowest BCUT2D eigenvalue weighted by molar-refractivity contribution is -0.143. The lowest BCUT2D eigenvalue weighted by Crippen LogP contribution is -2.50. The highest BCUT2D eigenvalue weighted by molar-refractivity contribution is 14.1. The van der Waals surface area contributed by atoms with Crippen molar-refractivity contribution in [1.29, 1.82) is 0 Å². The molecule has 2 aromatic rings. The number of nitrogens with zero attached hydrogens (tertiary/aromatic N) is 1. The smallest absolute Gasteiger partial charge is 0.261 e. The van der Waals surface area contributed by atoms with E-state index in [9.17, 15) is 9.59 Å². The predicted octanol–water partition coefficient (Wildman–Crippen LogP) is 5.05. The molecule has 1 N–H and O–H groups in total. The minimum atomic E-state index is -0.592. The van der Waals surface area contributed by atoms with Crippen LogP contribution in [0.25, 0.3) is 0 Å². The van der Waals surface area contributed by atoms with Crippen molar-refractivity contribution < 1.29 is 14.3 Å². The first-order valence-corrected chi connectivity index (χ1v) is 11.6. The average Bonchev–Trinajstić information content (AvgIpc) is 2.74. The Kier molecular flexibility index (Phi) is 10.4. The quantitative estimate of drug-likeness (QED) is 0.319. The van der Waals surface area contributed by atoms with Crippen molar-refractivity contribution in [3.63, 3.8) is 0 Å². The lowest BCUT2D eigenvalue weighted by atomic mass is 10.1. The molecule has 5 nitrogen and oxygen atoms in total. The average molecular weight is 543 g/mol. The number of hydrogen-bond donors (Lipinski definition) is 1. The van der Waals surface area contributed by atoms with Crippen LogP contribution in [0.4, 0.5) is 0 Å². The molecule has 1 atom stereocenters. The van der Waals surface area contributed by atoms with Crippen LogP contribution in [0.15, 0.2) is 48.5 Å². The van der Waals surface area contributed by atoms with E-state index in [2.05, 4.69) is 34.8 Å². The van der Waals surface area contributed by atoms with Crippen molar-refractivity contribution in [2.45, 2.75) is 45.7 Å². The van der Waals surface area contributed by atoms with Gasteiger partial charge in [-0.1, -0.05) is 50.1 Å². The van der Waals surface area contributed by atoms with Crippen LogP contribution in [0, 0.1) is 3.57 Å². The molecule has 0 unspecified atom stereocenters. The highest BCUT2D eigenvalue weighted by atomic mass is 127. The Balaban J connectivity index is 2.17. The van der Waals surface area contributed by atoms with E-state index in [0.29, 0.717) is 23.7 Å². The summed E-state index contributed by atoms with van der Waals surface area (Å²) in [5, 5.41) is 3.51. The van der Waals surface area contributed by atoms with Gasteiger partial charge in [0.1, 0.15) is 11.8 Å². The Labute approximate surface area is 197 Å². The topological polar surface area (TPSA) is 58.6 Å². The molecule has 2 rings (SSSR count). The van der Waals surface area contributed by atoms with Crippen LogP contribution in [0.2, 0.25) is 5.02 Å². The second-order valence-electron chi connectivity index (χ2n) is 6.92. The second-order valence-corrected chi connectivity index (χ2v) is 8.58. The standard InChI is InChI=1S/C23H28ClIN2O3/c1-3-5-14-26-23(29)21(4-2)27(15-17-8-6-7-9-20(17)24)22(28)16-30-19-12-10-18(25)11-13-19/h6-13,21H,3-5,14-16H2,1-2H3,(H,26,29)/t21-/m1/s1. The van der Waals surface area contributed by atoms with Gasteiger partial charge in [0.15, 0.2) is 6.61 Å². The molecule has 7 heteroatoms. The van der Waals surface area contributed by atoms with Crippen molar-refractivity contribution in [3.8, 4) is 5.75 Å². The summed E-state index contributed by atoms with van der Waals surface area (Å²) in [6.07, 6.45) is 2.39. The molecule has 162 valence electrons. The third-order valence-corrected chi connectivity index (χ3v) is 5.78. The van der Waals surface area contributed by atoms with E-state index >= 15 is 0 Å². The first-order valence-electron chi connectivity index (χ1n) is 10.1. The van der Waals surface area contributed by atoms with Crippen molar-refractivity contribution in [3.05, 3.63) is 62.7 Å². The minimum Gasteiger partial charge on any atom is -0.484 e. The Bertz CT molecular complexity index is 829. The largest absolute Gasteiger partial charge is 0.484 e. The van der Waals surface area contributed by atoms with Crippen LogP contribution in [0.5, 0.6) is 5.75 Å². The Hall–Kier alpha value is -1.80. The zero-order chi connectivity index (χ0) is 21.9. The summed E-state index contributed by atoms with van der Waals surface area (Å²) in [4.78, 5) is 27.5. The molecule has 0 spiro atoms. The lowest BCUT2D eigenvalue weighted by Gasteiger charge is -2.30. The van der Waals surface area contributed by atoms with Crippen molar-refractivity contribution in [1.82, 2.24) is 10.2 Å². The highest BCUT2D eigenvalue weighted by Gasteiger charge is 2.29. The first-order chi connectivity index (χ1) is 14.5. The maximum Gasteiger partial charge on any atom is 0.261 e. The molecule has 0 saturated carbocycles. The maximum absolute atomic E-state index is 13.1. The predicted molar refractivity (Wildman–Crippen MR) is 129 cm³/mol. The van der Waals surface area contributed by atoms with E-state index < -0.39 is 6.04 Å². The molecule has 0 heterocycles. The molecule has 30 heavy (non-hydrogen) atoms. The van der Waals surface area contributed by atoms with E-state index in [-0.39, 0.29) is 25.0 Å². The Morgan fingerprint density at radius 3 is 2.47 bits per heavy atom. The molecule has 0 aliphatic rings. The molecule has 0 aliphatic heterocycles. The molecule has 0 saturated heterocycles. The van der Waals surface area contributed by atoms with Crippen LogP contribution in [0.3, 0.4) is 0 Å². The van der Waals surface area contributed by atoms with Gasteiger partial charge in [0.05, 0.1) is 0 Å². The molecular weight excluding hydrogens is 515 g/mol. The number of benzene rings is 2. The van der Waals surface area contributed by atoms with Crippen LogP contribution in [-0.4, -0.2) is 35.9 Å². The van der Waals surface area contributed by atoms with Gasteiger partial charge in [-0.3, -0.25) is 9.59 Å². The summed E-state index contributed by atoms with van der Waals surface area (Å²) in [7, 11) is 0. The summed E-state index contributed by atoms with van der Waals surface area (Å²) >= 11 is 8.53. The highest BCUT2D eigenvalue weighted by Crippen LogP contribution is 2.20. The van der Waals surface area contributed by atoms with Gasteiger partial charge in [-0.15, -0.1) is 0 Å². The summed E-state index contributed by atoms with van der Waals surface area (Å²) in [6.45, 7) is 4.66. The molecule has 0 aliphatic carbocycles. The fourth-order valence-corrected chi connectivity index (χ4v) is 3.55. The van der Waals surface area contributed by atoms with Gasteiger partial charge in [0.2, 0.25) is 5.91 Å². The zero-order valence-corrected chi connectivity index (χ0v) is 20.3. The summed E-state index contributed by atoms with van der Waals surface area (Å²) in [5.74, 6) is 0.202. The van der Waals surface area contributed by atoms with Crippen LogP contribution in [-0.2, 0) is 16.1 Å². The van der Waals surface area contributed by atoms with Crippen molar-refractivity contribution in [2.24, 2.45) is 0 Å². The Morgan fingerprint density at radius 2 is 1.83 bits per heavy atom. The minimum absolute atomic E-state index is 0.149. The van der Waals surface area contributed by atoms with Gasteiger partial charge in [0.25, 0.3) is 5.91 Å². The van der Waals surface area contributed by atoms with Gasteiger partial charge in [-0.25, -0.2) is 0 Å². The summed E-state index contributed by atoms with van der Waals surface area (Å²) in [5.41, 5.74) is 0.793. The maximum atomic E-state index is 13.1. The number of hydrogen-bond acceptors (Lipinski definition) is 3. The molecule has 2 aromatic carbocycles.